The van der Waals surface area contributed by atoms with Crippen molar-refractivity contribution in [3.63, 3.8) is 0 Å². The van der Waals surface area contributed by atoms with Gasteiger partial charge in [0.1, 0.15) is 12.4 Å². The van der Waals surface area contributed by atoms with Crippen molar-refractivity contribution in [1.82, 2.24) is 0 Å². The number of sulfone groups is 1. The second-order valence-electron chi connectivity index (χ2n) is 9.62. The zero-order valence-electron chi connectivity index (χ0n) is 22.2. The van der Waals surface area contributed by atoms with E-state index in [0.29, 0.717) is 24.6 Å². The molecule has 3 aromatic carbocycles. The molecule has 0 fully saturated rings. The maximum atomic E-state index is 13.5. The third-order valence-electron chi connectivity index (χ3n) is 6.31. The lowest BCUT2D eigenvalue weighted by Gasteiger charge is -2.16. The Morgan fingerprint density at radius 1 is 0.950 bits per heavy atom. The number of carbonyl (C=O) groups is 1. The van der Waals surface area contributed by atoms with Crippen molar-refractivity contribution in [2.45, 2.75) is 44.4 Å². The van der Waals surface area contributed by atoms with Gasteiger partial charge in [-0.25, -0.2) is 13.2 Å². The monoisotopic (exact) mass is 570 g/mol. The largest absolute Gasteiger partial charge is 0.489 e. The number of rotatable bonds is 7. The number of nitrogens with one attached hydrogen (secondary N) is 2. The molecule has 1 aliphatic carbocycles. The molecular weight excluding hydrogens is 541 g/mol. The highest BCUT2D eigenvalue weighted by Crippen LogP contribution is 2.36. The van der Waals surface area contributed by atoms with Gasteiger partial charge < -0.3 is 15.4 Å². The van der Waals surface area contributed by atoms with Gasteiger partial charge in [0, 0.05) is 17.6 Å². The molecule has 10 heteroatoms. The quantitative estimate of drug-likeness (QED) is 0.304. The van der Waals surface area contributed by atoms with E-state index in [0.717, 1.165) is 58.6 Å². The van der Waals surface area contributed by atoms with Crippen LogP contribution in [0.25, 0.3) is 11.1 Å². The third kappa shape index (κ3) is 7.12. The van der Waals surface area contributed by atoms with Crippen LogP contribution in [0.4, 0.5) is 29.3 Å². The van der Waals surface area contributed by atoms with Crippen LogP contribution < -0.4 is 10.6 Å². The molecule has 3 aromatic rings. The van der Waals surface area contributed by atoms with Gasteiger partial charge in [-0.05, 0) is 103 Å². The molecule has 0 radical (unpaired) electrons. The van der Waals surface area contributed by atoms with Gasteiger partial charge in [-0.15, -0.1) is 0 Å². The number of urea groups is 1. The molecule has 2 N–H and O–H groups in total. The van der Waals surface area contributed by atoms with Crippen molar-refractivity contribution in [2.75, 3.05) is 16.9 Å². The standard InChI is InChI=1S/C30H29F3N2O4S/c1-19-14-24(35-29(36)34-23-12-13-27(40(3,37)38)26(17-23)30(31,32)33)15-20(2)28(19)22-9-7-8-21(16-22)18-39-25-10-5-4-6-11-25/h5,7-17H,4,6,18H2,1-3H3,(H2,34,35,36). The number of carbonyl (C=O) groups excluding carboxylic acids is 1. The highest BCUT2D eigenvalue weighted by Gasteiger charge is 2.36. The number of hydrogen-bond donors (Lipinski definition) is 2. The molecule has 0 aliphatic heterocycles. The zero-order valence-corrected chi connectivity index (χ0v) is 23.0. The Morgan fingerprint density at radius 3 is 2.27 bits per heavy atom. The van der Waals surface area contributed by atoms with Crippen LogP contribution in [0.1, 0.15) is 35.1 Å². The van der Waals surface area contributed by atoms with E-state index in [1.807, 2.05) is 38.1 Å². The summed E-state index contributed by atoms with van der Waals surface area (Å²) in [6.07, 6.45) is 3.90. The summed E-state index contributed by atoms with van der Waals surface area (Å²) in [5.74, 6) is 0.860. The van der Waals surface area contributed by atoms with Crippen LogP contribution in [-0.2, 0) is 27.4 Å². The van der Waals surface area contributed by atoms with Crippen molar-refractivity contribution in [1.29, 1.82) is 0 Å². The molecule has 6 nitrogen and oxygen atoms in total. The molecule has 0 bridgehead atoms. The molecule has 0 atom stereocenters. The lowest BCUT2D eigenvalue weighted by atomic mass is 9.94. The average Bonchev–Trinajstić information content (AvgIpc) is 2.87. The number of anilines is 2. The maximum absolute atomic E-state index is 13.5. The van der Waals surface area contributed by atoms with E-state index in [-0.39, 0.29) is 5.69 Å². The molecule has 4 rings (SSSR count). The highest BCUT2D eigenvalue weighted by atomic mass is 32.2. The average molecular weight is 571 g/mol. The molecular formula is C30H29F3N2O4S. The van der Waals surface area contributed by atoms with Gasteiger partial charge >= 0.3 is 12.2 Å². The maximum Gasteiger partial charge on any atom is 0.417 e. The van der Waals surface area contributed by atoms with Crippen LogP contribution in [0.5, 0.6) is 0 Å². The number of aryl methyl sites for hydroxylation is 2. The van der Waals surface area contributed by atoms with E-state index in [4.69, 9.17) is 4.74 Å². The molecule has 0 spiro atoms. The van der Waals surface area contributed by atoms with Crippen molar-refractivity contribution in [3.05, 3.63) is 101 Å². The van der Waals surface area contributed by atoms with E-state index in [2.05, 4.69) is 28.9 Å². The van der Waals surface area contributed by atoms with E-state index in [1.54, 1.807) is 12.1 Å². The Labute approximate surface area is 231 Å². The summed E-state index contributed by atoms with van der Waals surface area (Å²) < 4.78 is 69.8. The summed E-state index contributed by atoms with van der Waals surface area (Å²) in [6, 6.07) is 13.3. The molecule has 2 amide bonds. The molecule has 40 heavy (non-hydrogen) atoms. The van der Waals surface area contributed by atoms with E-state index < -0.39 is 32.5 Å². The van der Waals surface area contributed by atoms with Gasteiger partial charge in [-0.2, -0.15) is 13.2 Å². The SMILES string of the molecule is Cc1cc(NC(=O)Nc2ccc(S(C)(=O)=O)c(C(F)(F)F)c2)cc(C)c1-c1cccc(COC2=CCCC=C2)c1. The molecule has 0 saturated heterocycles. The lowest BCUT2D eigenvalue weighted by Crippen LogP contribution is -2.20. The van der Waals surface area contributed by atoms with Crippen molar-refractivity contribution in [2.24, 2.45) is 0 Å². The predicted molar refractivity (Wildman–Crippen MR) is 150 cm³/mol. The predicted octanol–water partition coefficient (Wildman–Crippen LogP) is 7.79. The van der Waals surface area contributed by atoms with Crippen molar-refractivity contribution < 1.29 is 31.1 Å². The van der Waals surface area contributed by atoms with Crippen LogP contribution in [0.2, 0.25) is 0 Å². The Hall–Kier alpha value is -4.05. The van der Waals surface area contributed by atoms with Gasteiger partial charge in [-0.1, -0.05) is 24.3 Å². The van der Waals surface area contributed by atoms with Crippen LogP contribution in [-0.4, -0.2) is 20.7 Å². The van der Waals surface area contributed by atoms with Gasteiger partial charge in [0.2, 0.25) is 0 Å². The van der Waals surface area contributed by atoms with E-state index in [9.17, 15) is 26.4 Å². The van der Waals surface area contributed by atoms with E-state index >= 15 is 0 Å². The first-order chi connectivity index (χ1) is 18.8. The minimum Gasteiger partial charge on any atom is -0.489 e. The number of halogens is 3. The second-order valence-corrected chi connectivity index (χ2v) is 11.6. The molecule has 210 valence electrons. The van der Waals surface area contributed by atoms with Gasteiger partial charge in [-0.3, -0.25) is 0 Å². The second kappa shape index (κ2) is 11.6. The number of amides is 2. The fourth-order valence-electron chi connectivity index (χ4n) is 4.62. The first-order valence-corrected chi connectivity index (χ1v) is 14.4. The number of ether oxygens (including phenoxy) is 1. The molecule has 0 heterocycles. The highest BCUT2D eigenvalue weighted by molar-refractivity contribution is 7.90. The summed E-state index contributed by atoms with van der Waals surface area (Å²) in [5.41, 5.74) is 3.70. The smallest absolute Gasteiger partial charge is 0.417 e. The number of alkyl halides is 3. The number of allylic oxidation sites excluding steroid dienone is 3. The zero-order chi connectivity index (χ0) is 29.1. The minimum absolute atomic E-state index is 0.194. The molecule has 1 aliphatic rings. The minimum atomic E-state index is -4.91. The molecule has 0 saturated carbocycles. The summed E-state index contributed by atoms with van der Waals surface area (Å²) >= 11 is 0. The lowest BCUT2D eigenvalue weighted by molar-refractivity contribution is -0.139. The van der Waals surface area contributed by atoms with Crippen LogP contribution in [0, 0.1) is 13.8 Å². The third-order valence-corrected chi connectivity index (χ3v) is 7.47. The van der Waals surface area contributed by atoms with Gasteiger partial charge in [0.15, 0.2) is 9.84 Å². The Morgan fingerprint density at radius 2 is 1.65 bits per heavy atom. The first-order valence-electron chi connectivity index (χ1n) is 12.5. The normalized spacial score (nSPS) is 13.5. The summed E-state index contributed by atoms with van der Waals surface area (Å²) in [5, 5.41) is 4.99. The fourth-order valence-corrected chi connectivity index (χ4v) is 5.51. The fraction of sp³-hybridized carbons (Fsp3) is 0.233. The summed E-state index contributed by atoms with van der Waals surface area (Å²) in [4.78, 5) is 11.7. The van der Waals surface area contributed by atoms with Crippen molar-refractivity contribution >= 4 is 27.2 Å². The first kappa shape index (κ1) is 28.9. The van der Waals surface area contributed by atoms with E-state index in [1.165, 1.54) is 0 Å². The topological polar surface area (TPSA) is 84.5 Å². The molecule has 0 unspecified atom stereocenters. The van der Waals surface area contributed by atoms with Crippen LogP contribution >= 0.6 is 0 Å². The van der Waals surface area contributed by atoms with Gasteiger partial charge in [0.25, 0.3) is 0 Å². The number of benzene rings is 3. The van der Waals surface area contributed by atoms with Crippen LogP contribution in [0.15, 0.2) is 83.5 Å². The van der Waals surface area contributed by atoms with Crippen molar-refractivity contribution in [3.8, 4) is 11.1 Å². The Kier molecular flexibility index (Phi) is 8.39. The molecule has 0 aromatic heterocycles. The Balaban J connectivity index is 1.49. The van der Waals surface area contributed by atoms with Crippen LogP contribution in [0.3, 0.4) is 0 Å². The number of hydrogen-bond acceptors (Lipinski definition) is 4. The van der Waals surface area contributed by atoms with Gasteiger partial charge in [0.05, 0.1) is 10.5 Å². The summed E-state index contributed by atoms with van der Waals surface area (Å²) in [7, 11) is -4.12. The Bertz CT molecular complexity index is 1590. The summed E-state index contributed by atoms with van der Waals surface area (Å²) in [6.45, 7) is 4.25.